The van der Waals surface area contributed by atoms with Gasteiger partial charge in [0, 0.05) is 16.8 Å². The number of hydrogen-bond acceptors (Lipinski definition) is 5. The van der Waals surface area contributed by atoms with Gasteiger partial charge in [-0.1, -0.05) is 25.6 Å². The molecule has 1 aromatic rings. The minimum absolute atomic E-state index is 0.132. The van der Waals surface area contributed by atoms with Crippen molar-refractivity contribution in [2.75, 3.05) is 6.54 Å². The average Bonchev–Trinajstić information content (AvgIpc) is 2.87. The van der Waals surface area contributed by atoms with E-state index in [0.717, 1.165) is 22.6 Å². The SMILES string of the molecule is CC(C)CC1CN=C(NC(C)(C)c2nccs2)S1. The van der Waals surface area contributed by atoms with Crippen molar-refractivity contribution in [1.82, 2.24) is 10.3 Å². The first-order valence-electron chi connectivity index (χ1n) is 6.36. The lowest BCUT2D eigenvalue weighted by molar-refractivity contribution is 0.487. The van der Waals surface area contributed by atoms with Crippen molar-refractivity contribution in [2.45, 2.75) is 44.9 Å². The summed E-state index contributed by atoms with van der Waals surface area (Å²) in [5.41, 5.74) is -0.132. The third-order valence-electron chi connectivity index (χ3n) is 2.84. The van der Waals surface area contributed by atoms with Gasteiger partial charge in [0.2, 0.25) is 0 Å². The maximum Gasteiger partial charge on any atom is 0.157 e. The molecule has 18 heavy (non-hydrogen) atoms. The third kappa shape index (κ3) is 3.48. The molecule has 1 aromatic heterocycles. The summed E-state index contributed by atoms with van der Waals surface area (Å²) in [6.45, 7) is 9.80. The standard InChI is InChI=1S/C13H21N3S2/c1-9(2)7-10-8-15-12(18-10)16-13(3,4)11-14-5-6-17-11/h5-6,9-10H,7-8H2,1-4H3,(H,15,16). The summed E-state index contributed by atoms with van der Waals surface area (Å²) < 4.78 is 0. The fourth-order valence-electron chi connectivity index (χ4n) is 1.99. The highest BCUT2D eigenvalue weighted by Gasteiger charge is 2.28. The van der Waals surface area contributed by atoms with Gasteiger partial charge in [-0.3, -0.25) is 4.99 Å². The summed E-state index contributed by atoms with van der Waals surface area (Å²) in [4.78, 5) is 9.00. The van der Waals surface area contributed by atoms with E-state index < -0.39 is 0 Å². The van der Waals surface area contributed by atoms with Gasteiger partial charge in [-0.2, -0.15) is 0 Å². The quantitative estimate of drug-likeness (QED) is 0.919. The summed E-state index contributed by atoms with van der Waals surface area (Å²) >= 11 is 3.57. The largest absolute Gasteiger partial charge is 0.354 e. The second-order valence-corrected chi connectivity index (χ2v) is 7.79. The molecule has 0 bridgehead atoms. The molecular weight excluding hydrogens is 262 g/mol. The number of rotatable bonds is 4. The van der Waals surface area contributed by atoms with E-state index in [0.29, 0.717) is 5.25 Å². The van der Waals surface area contributed by atoms with Crippen LogP contribution in [-0.2, 0) is 5.54 Å². The van der Waals surface area contributed by atoms with Crippen molar-refractivity contribution in [1.29, 1.82) is 0 Å². The highest BCUT2D eigenvalue weighted by atomic mass is 32.2. The minimum Gasteiger partial charge on any atom is -0.354 e. The number of nitrogens with one attached hydrogen (secondary N) is 1. The Labute approximate surface area is 118 Å². The Morgan fingerprint density at radius 2 is 2.28 bits per heavy atom. The molecule has 0 aromatic carbocycles. The minimum atomic E-state index is -0.132. The van der Waals surface area contributed by atoms with Gasteiger partial charge in [0.15, 0.2) is 5.17 Å². The molecule has 0 fully saturated rings. The molecule has 5 heteroatoms. The first-order valence-corrected chi connectivity index (χ1v) is 8.12. The molecule has 1 unspecified atom stereocenters. The zero-order chi connectivity index (χ0) is 13.2. The van der Waals surface area contributed by atoms with Crippen LogP contribution in [0.25, 0.3) is 0 Å². The molecule has 0 spiro atoms. The molecule has 0 saturated heterocycles. The molecule has 0 amide bonds. The lowest BCUT2D eigenvalue weighted by Crippen LogP contribution is -2.39. The van der Waals surface area contributed by atoms with E-state index in [-0.39, 0.29) is 5.54 Å². The van der Waals surface area contributed by atoms with Crippen LogP contribution < -0.4 is 5.32 Å². The van der Waals surface area contributed by atoms with Gasteiger partial charge in [-0.05, 0) is 26.2 Å². The number of nitrogens with zero attached hydrogens (tertiary/aromatic N) is 2. The van der Waals surface area contributed by atoms with Crippen molar-refractivity contribution in [2.24, 2.45) is 10.9 Å². The molecule has 1 N–H and O–H groups in total. The Bertz CT molecular complexity index is 410. The number of thioether (sulfide) groups is 1. The Hall–Kier alpha value is -0.550. The van der Waals surface area contributed by atoms with Crippen LogP contribution in [0, 0.1) is 5.92 Å². The van der Waals surface area contributed by atoms with E-state index in [9.17, 15) is 0 Å². The number of hydrogen-bond donors (Lipinski definition) is 1. The summed E-state index contributed by atoms with van der Waals surface area (Å²) in [6, 6.07) is 0. The van der Waals surface area contributed by atoms with Crippen LogP contribution in [0.1, 0.15) is 39.1 Å². The number of aromatic nitrogens is 1. The van der Waals surface area contributed by atoms with Gasteiger partial charge >= 0.3 is 0 Å². The van der Waals surface area contributed by atoms with E-state index >= 15 is 0 Å². The molecular formula is C13H21N3S2. The molecule has 0 saturated carbocycles. The Balaban J connectivity index is 1.91. The number of thiazole rings is 1. The van der Waals surface area contributed by atoms with Crippen molar-refractivity contribution in [3.05, 3.63) is 16.6 Å². The molecule has 2 heterocycles. The average molecular weight is 283 g/mol. The molecule has 0 aliphatic carbocycles. The second kappa shape index (κ2) is 5.61. The Morgan fingerprint density at radius 1 is 1.50 bits per heavy atom. The van der Waals surface area contributed by atoms with Crippen LogP contribution in [0.3, 0.4) is 0 Å². The molecule has 2 rings (SSSR count). The normalized spacial score (nSPS) is 20.3. The molecule has 1 aliphatic heterocycles. The summed E-state index contributed by atoms with van der Waals surface area (Å²) in [5, 5.41) is 8.36. The van der Waals surface area contributed by atoms with Crippen LogP contribution in [-0.4, -0.2) is 21.9 Å². The second-order valence-electron chi connectivity index (χ2n) is 5.60. The molecule has 1 atom stereocenters. The predicted octanol–water partition coefficient (Wildman–Crippen LogP) is 3.49. The predicted molar refractivity (Wildman–Crippen MR) is 81.4 cm³/mol. The van der Waals surface area contributed by atoms with Crippen LogP contribution in [0.15, 0.2) is 16.6 Å². The lowest BCUT2D eigenvalue weighted by atomic mass is 10.1. The molecule has 3 nitrogen and oxygen atoms in total. The Kier molecular flexibility index (Phi) is 4.33. The maximum absolute atomic E-state index is 4.61. The van der Waals surface area contributed by atoms with Gasteiger partial charge in [0.1, 0.15) is 5.01 Å². The van der Waals surface area contributed by atoms with Gasteiger partial charge < -0.3 is 5.32 Å². The van der Waals surface area contributed by atoms with Crippen molar-refractivity contribution < 1.29 is 0 Å². The van der Waals surface area contributed by atoms with Gasteiger partial charge in [-0.25, -0.2) is 4.98 Å². The van der Waals surface area contributed by atoms with E-state index in [1.54, 1.807) is 11.3 Å². The smallest absolute Gasteiger partial charge is 0.157 e. The van der Waals surface area contributed by atoms with Crippen molar-refractivity contribution in [3.63, 3.8) is 0 Å². The van der Waals surface area contributed by atoms with E-state index in [4.69, 9.17) is 0 Å². The van der Waals surface area contributed by atoms with Crippen molar-refractivity contribution >= 4 is 28.3 Å². The van der Waals surface area contributed by atoms with E-state index in [1.807, 2.05) is 23.3 Å². The first kappa shape index (κ1) is 13.9. The van der Waals surface area contributed by atoms with Crippen LogP contribution in [0.5, 0.6) is 0 Å². The summed E-state index contributed by atoms with van der Waals surface area (Å²) in [5.74, 6) is 0.740. The summed E-state index contributed by atoms with van der Waals surface area (Å²) in [7, 11) is 0. The Morgan fingerprint density at radius 3 is 2.89 bits per heavy atom. The highest BCUT2D eigenvalue weighted by Crippen LogP contribution is 2.29. The van der Waals surface area contributed by atoms with Crippen LogP contribution in [0.4, 0.5) is 0 Å². The molecule has 0 radical (unpaired) electrons. The molecule has 1 aliphatic rings. The van der Waals surface area contributed by atoms with Gasteiger partial charge in [0.25, 0.3) is 0 Å². The third-order valence-corrected chi connectivity index (χ3v) is 5.06. The van der Waals surface area contributed by atoms with Crippen LogP contribution >= 0.6 is 23.1 Å². The van der Waals surface area contributed by atoms with Gasteiger partial charge in [0.05, 0.1) is 12.1 Å². The maximum atomic E-state index is 4.61. The topological polar surface area (TPSA) is 37.3 Å². The fourth-order valence-corrected chi connectivity index (χ4v) is 4.11. The fraction of sp³-hybridized carbons (Fsp3) is 0.692. The highest BCUT2D eigenvalue weighted by molar-refractivity contribution is 8.14. The zero-order valence-electron chi connectivity index (χ0n) is 11.4. The van der Waals surface area contributed by atoms with E-state index in [1.165, 1.54) is 6.42 Å². The van der Waals surface area contributed by atoms with E-state index in [2.05, 4.69) is 43.0 Å². The number of amidine groups is 1. The summed E-state index contributed by atoms with van der Waals surface area (Å²) in [6.07, 6.45) is 3.09. The zero-order valence-corrected chi connectivity index (χ0v) is 13.1. The monoisotopic (exact) mass is 283 g/mol. The van der Waals surface area contributed by atoms with Gasteiger partial charge in [-0.15, -0.1) is 11.3 Å². The lowest BCUT2D eigenvalue weighted by Gasteiger charge is -2.24. The molecule has 100 valence electrons. The number of aliphatic imine (C=N–C) groups is 1. The first-order chi connectivity index (χ1) is 8.47. The van der Waals surface area contributed by atoms with Crippen molar-refractivity contribution in [3.8, 4) is 0 Å². The van der Waals surface area contributed by atoms with Crippen LogP contribution in [0.2, 0.25) is 0 Å².